The zero-order chi connectivity index (χ0) is 23.4. The molecule has 0 unspecified atom stereocenters. The average molecular weight is 467 g/mol. The van der Waals surface area contributed by atoms with Gasteiger partial charge in [0.15, 0.2) is 17.6 Å². The summed E-state index contributed by atoms with van der Waals surface area (Å²) < 4.78 is 6.60. The number of pyridine rings is 1. The van der Waals surface area contributed by atoms with Crippen LogP contribution in [0.4, 0.5) is 0 Å². The van der Waals surface area contributed by atoms with Gasteiger partial charge in [-0.15, -0.1) is 0 Å². The highest BCUT2D eigenvalue weighted by atomic mass is 16.5. The van der Waals surface area contributed by atoms with Gasteiger partial charge < -0.3 is 14.9 Å². The summed E-state index contributed by atoms with van der Waals surface area (Å²) in [6.07, 6.45) is 7.25. The molecule has 1 spiro atoms. The summed E-state index contributed by atoms with van der Waals surface area (Å²) in [6.45, 7) is 2.04. The van der Waals surface area contributed by atoms with Crippen molar-refractivity contribution < 1.29 is 14.9 Å². The third kappa shape index (κ3) is 2.63. The van der Waals surface area contributed by atoms with Crippen molar-refractivity contribution in [1.82, 2.24) is 9.88 Å². The zero-order valence-corrected chi connectivity index (χ0v) is 19.8. The second kappa shape index (κ2) is 6.86. The quantitative estimate of drug-likeness (QED) is 0.607. The summed E-state index contributed by atoms with van der Waals surface area (Å²) in [5, 5.41) is 23.6. The molecule has 3 heterocycles. The maximum atomic E-state index is 12.8. The number of likely N-dealkylation sites (tertiary alicyclic amines) is 1. The predicted molar refractivity (Wildman–Crippen MR) is 132 cm³/mol. The fraction of sp³-hybridized carbons (Fsp3) is 0.433. The van der Waals surface area contributed by atoms with Gasteiger partial charge >= 0.3 is 0 Å². The average Bonchev–Trinajstić information content (AvgIpc) is 3.59. The maximum Gasteiger partial charge on any atom is 0.166 e. The van der Waals surface area contributed by atoms with Crippen molar-refractivity contribution in [3.8, 4) is 11.5 Å². The predicted octanol–water partition coefficient (Wildman–Crippen LogP) is 4.08. The first kappa shape index (κ1) is 20.3. The molecule has 1 saturated carbocycles. The van der Waals surface area contributed by atoms with Crippen LogP contribution in [0.1, 0.15) is 58.9 Å². The minimum atomic E-state index is -0.948. The number of hydrogen-bond donors (Lipinski definition) is 2. The lowest BCUT2D eigenvalue weighted by molar-refractivity contribution is -0.173. The molecule has 5 heteroatoms. The summed E-state index contributed by atoms with van der Waals surface area (Å²) in [6, 6.07) is 16.6. The van der Waals surface area contributed by atoms with Gasteiger partial charge in [0.2, 0.25) is 0 Å². The van der Waals surface area contributed by atoms with Gasteiger partial charge in [-0.2, -0.15) is 0 Å². The summed E-state index contributed by atoms with van der Waals surface area (Å²) >= 11 is 0. The first-order valence-electron chi connectivity index (χ1n) is 13.1. The molecule has 0 amide bonds. The highest BCUT2D eigenvalue weighted by molar-refractivity contribution is 5.64. The number of rotatable bonds is 4. The number of aromatic hydroxyl groups is 1. The fourth-order valence-electron chi connectivity index (χ4n) is 7.82. The Balaban J connectivity index is 1.29. The van der Waals surface area contributed by atoms with Crippen LogP contribution in [0.3, 0.4) is 0 Å². The second-order valence-electron chi connectivity index (χ2n) is 11.5. The van der Waals surface area contributed by atoms with Crippen molar-refractivity contribution in [3.63, 3.8) is 0 Å². The van der Waals surface area contributed by atoms with Crippen LogP contribution in [0.2, 0.25) is 0 Å². The third-order valence-electron chi connectivity index (χ3n) is 9.53. The number of aliphatic hydroxyl groups is 1. The number of ether oxygens (including phenoxy) is 1. The number of aromatic nitrogens is 1. The number of fused-ring (bicyclic) bond motifs is 2. The zero-order valence-electron chi connectivity index (χ0n) is 19.8. The van der Waals surface area contributed by atoms with E-state index in [1.54, 1.807) is 6.07 Å². The van der Waals surface area contributed by atoms with E-state index in [9.17, 15) is 10.2 Å². The molecule has 35 heavy (non-hydrogen) atoms. The van der Waals surface area contributed by atoms with E-state index < -0.39 is 11.0 Å². The lowest BCUT2D eigenvalue weighted by Crippen LogP contribution is -2.74. The molecule has 2 aliphatic heterocycles. The van der Waals surface area contributed by atoms with Crippen LogP contribution >= 0.6 is 0 Å². The van der Waals surface area contributed by atoms with Crippen LogP contribution in [0.15, 0.2) is 54.7 Å². The third-order valence-corrected chi connectivity index (χ3v) is 9.53. The first-order valence-corrected chi connectivity index (χ1v) is 13.1. The second-order valence-corrected chi connectivity index (χ2v) is 11.5. The molecular weight excluding hydrogens is 436 g/mol. The van der Waals surface area contributed by atoms with Crippen molar-refractivity contribution in [3.05, 3.63) is 88.2 Å². The van der Waals surface area contributed by atoms with Crippen molar-refractivity contribution in [2.75, 3.05) is 13.1 Å². The Morgan fingerprint density at radius 2 is 1.91 bits per heavy atom. The van der Waals surface area contributed by atoms with E-state index in [0.29, 0.717) is 12.2 Å². The van der Waals surface area contributed by atoms with Crippen molar-refractivity contribution >= 4 is 0 Å². The van der Waals surface area contributed by atoms with E-state index in [4.69, 9.17) is 9.72 Å². The summed E-state index contributed by atoms with van der Waals surface area (Å²) in [5.74, 6) is 1.52. The minimum Gasteiger partial charge on any atom is -0.504 e. The monoisotopic (exact) mass is 466 g/mol. The topological polar surface area (TPSA) is 65.8 Å². The van der Waals surface area contributed by atoms with E-state index >= 15 is 0 Å². The lowest BCUT2D eigenvalue weighted by Gasteiger charge is -2.63. The van der Waals surface area contributed by atoms with Crippen molar-refractivity contribution in [2.45, 2.75) is 61.7 Å². The number of hydrogen-bond acceptors (Lipinski definition) is 5. The van der Waals surface area contributed by atoms with Crippen LogP contribution in [0.5, 0.6) is 11.5 Å². The Kier molecular flexibility index (Phi) is 3.98. The van der Waals surface area contributed by atoms with Gasteiger partial charge in [0.1, 0.15) is 0 Å². The van der Waals surface area contributed by atoms with Gasteiger partial charge in [0.05, 0.1) is 16.7 Å². The number of phenols is 1. The molecule has 8 rings (SSSR count). The van der Waals surface area contributed by atoms with Gasteiger partial charge in [-0.3, -0.25) is 9.88 Å². The smallest absolute Gasteiger partial charge is 0.166 e. The Hall–Kier alpha value is -2.89. The van der Waals surface area contributed by atoms with E-state index in [0.717, 1.165) is 60.7 Å². The van der Waals surface area contributed by atoms with Crippen LogP contribution < -0.4 is 4.74 Å². The molecule has 0 radical (unpaired) electrons. The summed E-state index contributed by atoms with van der Waals surface area (Å²) in [5.41, 5.74) is 5.21. The minimum absolute atomic E-state index is 0.0527. The van der Waals surface area contributed by atoms with Crippen LogP contribution in [0, 0.1) is 5.92 Å². The van der Waals surface area contributed by atoms with Gasteiger partial charge in [0.25, 0.3) is 0 Å². The van der Waals surface area contributed by atoms with E-state index in [1.807, 2.05) is 12.3 Å². The Labute approximate surface area is 205 Å². The molecule has 3 aromatic rings. The van der Waals surface area contributed by atoms with E-state index in [1.165, 1.54) is 24.0 Å². The largest absolute Gasteiger partial charge is 0.504 e. The van der Waals surface area contributed by atoms with Gasteiger partial charge in [-0.1, -0.05) is 42.5 Å². The molecule has 178 valence electrons. The SMILES string of the molecule is Oc1ccc2c3c1O[C@H]1c4ncc(Cc5ccccc5)cc4C[C@@]4(O)[C@@H](C2)N(CC2CC2)CC[C@]314. The Morgan fingerprint density at radius 1 is 1.06 bits per heavy atom. The Morgan fingerprint density at radius 3 is 2.74 bits per heavy atom. The van der Waals surface area contributed by atoms with Crippen LogP contribution in [-0.2, 0) is 24.7 Å². The van der Waals surface area contributed by atoms with E-state index in [-0.39, 0.29) is 17.9 Å². The number of piperidine rings is 1. The van der Waals surface area contributed by atoms with Gasteiger partial charge in [-0.05, 0) is 72.9 Å². The lowest BCUT2D eigenvalue weighted by atomic mass is 9.49. The normalized spacial score (nSPS) is 32.0. The highest BCUT2D eigenvalue weighted by Crippen LogP contribution is 2.68. The molecule has 5 nitrogen and oxygen atoms in total. The molecule has 5 aliphatic rings. The molecule has 2 aromatic carbocycles. The van der Waals surface area contributed by atoms with Crippen molar-refractivity contribution in [2.24, 2.45) is 5.92 Å². The van der Waals surface area contributed by atoms with Gasteiger partial charge in [0, 0.05) is 30.8 Å². The maximum absolute atomic E-state index is 12.8. The molecule has 4 atom stereocenters. The van der Waals surface area contributed by atoms with Gasteiger partial charge in [-0.25, -0.2) is 0 Å². The molecule has 2 N–H and O–H groups in total. The van der Waals surface area contributed by atoms with Crippen molar-refractivity contribution in [1.29, 1.82) is 0 Å². The van der Waals surface area contributed by atoms with Crippen LogP contribution in [0.25, 0.3) is 0 Å². The standard InChI is InChI=1S/C30H30N2O3/c33-23-9-8-21-14-24-30(34)15-22-13-20(12-18-4-2-1-3-5-18)16-31-26(22)28-29(30,25(21)27(23)35-28)10-11-32(24)17-19-6-7-19/h1-5,8-9,13,16,19,24,28,33-34H,6-7,10-12,14-15,17H2/t24-,28+,29+,30-/m1/s1. The Bertz CT molecular complexity index is 1350. The molecule has 2 fully saturated rings. The first-order chi connectivity index (χ1) is 17.1. The van der Waals surface area contributed by atoms with Crippen LogP contribution in [-0.4, -0.2) is 44.8 Å². The van der Waals surface area contributed by atoms with E-state index in [2.05, 4.69) is 41.3 Å². The fourth-order valence-corrected chi connectivity index (χ4v) is 7.82. The number of phenolic OH excluding ortho intramolecular Hbond substituents is 1. The molecular formula is C30H30N2O3. The molecule has 1 aromatic heterocycles. The highest BCUT2D eigenvalue weighted by Gasteiger charge is 2.72. The number of nitrogens with zero attached hydrogens (tertiary/aromatic N) is 2. The molecule has 2 bridgehead atoms. The molecule has 1 saturated heterocycles. The summed E-state index contributed by atoms with van der Waals surface area (Å²) in [4.78, 5) is 7.55. The summed E-state index contributed by atoms with van der Waals surface area (Å²) in [7, 11) is 0. The molecule has 3 aliphatic carbocycles. The number of benzene rings is 2.